The number of nitriles is 1. The van der Waals surface area contributed by atoms with E-state index in [0.29, 0.717) is 19.5 Å². The van der Waals surface area contributed by atoms with Crippen LogP contribution in [0.25, 0.3) is 11.1 Å². The minimum absolute atomic E-state index is 0.00173. The molecule has 1 aromatic heterocycles. The Morgan fingerprint density at radius 3 is 2.25 bits per heavy atom. The van der Waals surface area contributed by atoms with Crippen molar-refractivity contribution < 1.29 is 18.7 Å². The maximum atomic E-state index is 13.7. The van der Waals surface area contributed by atoms with Crippen molar-refractivity contribution in [1.29, 1.82) is 5.26 Å². The topological polar surface area (TPSA) is 91.0 Å². The van der Waals surface area contributed by atoms with Crippen molar-refractivity contribution >= 4 is 5.91 Å². The van der Waals surface area contributed by atoms with Gasteiger partial charge in [0.05, 0.1) is 32.5 Å². The van der Waals surface area contributed by atoms with Crippen LogP contribution in [0.4, 0.5) is 4.39 Å². The number of methoxy groups -OCH3 is 2. The second kappa shape index (κ2) is 16.7. The van der Waals surface area contributed by atoms with Crippen molar-refractivity contribution in [2.45, 2.75) is 73.5 Å². The Hall–Kier alpha value is -4.46. The van der Waals surface area contributed by atoms with Crippen LogP contribution in [0.15, 0.2) is 53.0 Å². The van der Waals surface area contributed by atoms with Gasteiger partial charge >= 0.3 is 0 Å². The molecule has 0 radical (unpaired) electrons. The van der Waals surface area contributed by atoms with Gasteiger partial charge in [-0.25, -0.2) is 0 Å². The molecular weight excluding hydrogens is 670 g/mol. The molecule has 0 saturated carbocycles. The monoisotopic (exact) mass is 725 g/mol. The molecule has 1 atom stereocenters. The van der Waals surface area contributed by atoms with Gasteiger partial charge < -0.3 is 18.9 Å². The number of nitrogens with zero attached hydrogens (tertiary/aromatic N) is 5. The summed E-state index contributed by atoms with van der Waals surface area (Å²) in [7, 11) is 5.16. The van der Waals surface area contributed by atoms with Gasteiger partial charge in [-0.3, -0.25) is 23.8 Å². The Balaban J connectivity index is 1.32. The van der Waals surface area contributed by atoms with Crippen molar-refractivity contribution in [3.05, 3.63) is 91.9 Å². The van der Waals surface area contributed by atoms with Gasteiger partial charge in [-0.15, -0.1) is 0 Å². The fourth-order valence-corrected chi connectivity index (χ4v) is 7.96. The third-order valence-electron chi connectivity index (χ3n) is 11.0. The summed E-state index contributed by atoms with van der Waals surface area (Å²) in [4.78, 5) is 33.1. The van der Waals surface area contributed by atoms with Crippen molar-refractivity contribution in [2.75, 3.05) is 53.6 Å². The number of pyridine rings is 1. The van der Waals surface area contributed by atoms with Crippen LogP contribution in [0.5, 0.6) is 11.5 Å². The third kappa shape index (κ3) is 8.53. The summed E-state index contributed by atoms with van der Waals surface area (Å²) in [5.74, 6) is 1.33. The smallest absolute Gasteiger partial charge is 0.264 e. The minimum Gasteiger partial charge on any atom is -0.496 e. The lowest BCUT2D eigenvalue weighted by molar-refractivity contribution is -0.130. The molecule has 3 heterocycles. The maximum Gasteiger partial charge on any atom is 0.264 e. The van der Waals surface area contributed by atoms with Crippen LogP contribution in [0.2, 0.25) is 0 Å². The van der Waals surface area contributed by atoms with Gasteiger partial charge in [0.1, 0.15) is 23.1 Å². The lowest BCUT2D eigenvalue weighted by Gasteiger charge is -2.41. The zero-order valence-electron chi connectivity index (χ0n) is 33.0. The molecule has 0 unspecified atom stereocenters. The molecular formula is C43H56FN5O4. The van der Waals surface area contributed by atoms with Crippen molar-refractivity contribution in [3.8, 4) is 28.7 Å². The summed E-state index contributed by atoms with van der Waals surface area (Å²) in [5, 5.41) is 9.88. The summed E-state index contributed by atoms with van der Waals surface area (Å²) in [6.45, 7) is 16.5. The number of halogens is 1. The average Bonchev–Trinajstić information content (AvgIpc) is 3.38. The van der Waals surface area contributed by atoms with Crippen LogP contribution < -0.4 is 15.0 Å². The normalized spacial score (nSPS) is 17.4. The number of ether oxygens (including phenoxy) is 2. The van der Waals surface area contributed by atoms with Crippen LogP contribution in [-0.4, -0.2) is 78.8 Å². The third-order valence-corrected chi connectivity index (χ3v) is 11.0. The highest BCUT2D eigenvalue weighted by Gasteiger charge is 2.36. The number of hydrogen-bond acceptors (Lipinski definition) is 7. The summed E-state index contributed by atoms with van der Waals surface area (Å²) < 4.78 is 27.1. The van der Waals surface area contributed by atoms with E-state index in [9.17, 15) is 19.2 Å². The quantitative estimate of drug-likeness (QED) is 0.157. The largest absolute Gasteiger partial charge is 0.496 e. The van der Waals surface area contributed by atoms with Crippen molar-refractivity contribution in [1.82, 2.24) is 19.3 Å². The number of benzene rings is 2. The lowest BCUT2D eigenvalue weighted by Crippen LogP contribution is -2.43. The molecule has 0 aliphatic carbocycles. The first kappa shape index (κ1) is 39.7. The highest BCUT2D eigenvalue weighted by molar-refractivity contribution is 5.97. The van der Waals surface area contributed by atoms with E-state index in [1.54, 1.807) is 39.7 Å². The minimum atomic E-state index is -0.885. The summed E-state index contributed by atoms with van der Waals surface area (Å²) in [5.41, 5.74) is 7.44. The van der Waals surface area contributed by atoms with E-state index < -0.39 is 12.1 Å². The first-order valence-electron chi connectivity index (χ1n) is 18.7. The van der Waals surface area contributed by atoms with E-state index in [1.165, 1.54) is 17.2 Å². The molecule has 284 valence electrons. The molecule has 1 amide bonds. The molecule has 3 aromatic rings. The van der Waals surface area contributed by atoms with Gasteiger partial charge in [-0.2, -0.15) is 5.26 Å². The molecule has 2 aromatic carbocycles. The molecule has 53 heavy (non-hydrogen) atoms. The highest BCUT2D eigenvalue weighted by atomic mass is 19.1. The Morgan fingerprint density at radius 1 is 1.02 bits per heavy atom. The molecule has 0 N–H and O–H groups in total. The number of carbonyl (C=O) groups excluding carboxylic acids is 1. The number of allylic oxidation sites excluding steroid dienone is 1. The van der Waals surface area contributed by atoms with Gasteiger partial charge in [-0.05, 0) is 85.6 Å². The molecule has 2 aliphatic rings. The zero-order valence-corrected chi connectivity index (χ0v) is 33.0. The first-order valence-corrected chi connectivity index (χ1v) is 18.7. The maximum absolute atomic E-state index is 13.7. The van der Waals surface area contributed by atoms with Crippen LogP contribution in [0.3, 0.4) is 0 Å². The van der Waals surface area contributed by atoms with E-state index >= 15 is 0 Å². The number of carbonyl (C=O) groups is 1. The number of rotatable bonds is 11. The Labute approximate surface area is 314 Å². The molecule has 5 rings (SSSR count). The van der Waals surface area contributed by atoms with Crippen LogP contribution >= 0.6 is 0 Å². The Bertz CT molecular complexity index is 1930. The number of hydrogen-bond donors (Lipinski definition) is 0. The Kier molecular flexibility index (Phi) is 12.5. The van der Waals surface area contributed by atoms with Gasteiger partial charge in [0.15, 0.2) is 0 Å². The molecule has 1 fully saturated rings. The second-order valence-corrected chi connectivity index (χ2v) is 15.7. The molecule has 1 saturated heterocycles. The van der Waals surface area contributed by atoms with E-state index in [1.807, 2.05) is 37.1 Å². The summed E-state index contributed by atoms with van der Waals surface area (Å²) >= 11 is 0. The van der Waals surface area contributed by atoms with Gasteiger partial charge in [0.25, 0.3) is 11.5 Å². The molecule has 0 bridgehead atoms. The number of aromatic nitrogens is 1. The van der Waals surface area contributed by atoms with Crippen LogP contribution in [0.1, 0.15) is 73.5 Å². The number of amides is 1. The Morgan fingerprint density at radius 2 is 1.66 bits per heavy atom. The van der Waals surface area contributed by atoms with Crippen molar-refractivity contribution in [2.24, 2.45) is 18.4 Å². The van der Waals surface area contributed by atoms with Gasteiger partial charge in [0, 0.05) is 62.5 Å². The molecule has 2 aliphatic heterocycles. The van der Waals surface area contributed by atoms with E-state index in [4.69, 9.17) is 9.47 Å². The molecule has 9 nitrogen and oxygen atoms in total. The average molecular weight is 726 g/mol. The highest BCUT2D eigenvalue weighted by Crippen LogP contribution is 2.39. The van der Waals surface area contributed by atoms with E-state index in [2.05, 4.69) is 47.9 Å². The summed E-state index contributed by atoms with van der Waals surface area (Å²) in [6, 6.07) is 12.4. The van der Waals surface area contributed by atoms with Gasteiger partial charge in [0.2, 0.25) is 0 Å². The number of fused-ring (bicyclic) bond motifs is 1. The van der Waals surface area contributed by atoms with Gasteiger partial charge in [-0.1, -0.05) is 52.0 Å². The predicted molar refractivity (Wildman–Crippen MR) is 208 cm³/mol. The summed E-state index contributed by atoms with van der Waals surface area (Å²) in [6.07, 6.45) is 5.09. The second-order valence-electron chi connectivity index (χ2n) is 15.7. The number of aryl methyl sites for hydroxylation is 1. The predicted octanol–water partition coefficient (Wildman–Crippen LogP) is 6.92. The van der Waals surface area contributed by atoms with Crippen LogP contribution in [0, 0.1) is 36.5 Å². The van der Waals surface area contributed by atoms with Crippen LogP contribution in [-0.2, 0) is 31.4 Å². The SMILES string of the molecule is COc1cc(-c2cn(C)c(=O)c(C)c2C)cc(OC)c1CN1CCCN(Cc2cccc3c2CCN(C(=O)/C(C#N)=C/C(C)(C)CF)[C@@H]3C(C)C)CC1. The lowest BCUT2D eigenvalue weighted by atomic mass is 9.83. The molecule has 0 spiro atoms. The number of alkyl halides is 1. The van der Waals surface area contributed by atoms with Crippen molar-refractivity contribution in [3.63, 3.8) is 0 Å². The molecule has 10 heteroatoms. The fraction of sp³-hybridized carbons (Fsp3) is 0.512. The fourth-order valence-electron chi connectivity index (χ4n) is 7.96. The van der Waals surface area contributed by atoms with E-state index in [0.717, 1.165) is 84.0 Å². The first-order chi connectivity index (χ1) is 25.2. The van der Waals surface area contributed by atoms with E-state index in [-0.39, 0.29) is 29.0 Å². The zero-order chi connectivity index (χ0) is 38.6. The standard InChI is InChI=1S/C43H56FN5O4/c1-28(2)40-35-13-10-12-31(34(35)14-17-49(40)42(51)33(23-45)22-43(5,6)27-44)24-47-15-11-16-48(19-18-47)26-37-38(52-8)20-32(21-39(37)53-9)36-25-46(7)41(50)30(4)29(36)3/h10,12-13,20-22,25,28,40H,11,14-19,24,26-27H2,1-9H3/b33-22+/t40-/m1/s1.